The van der Waals surface area contributed by atoms with Gasteiger partial charge in [0.15, 0.2) is 0 Å². The Labute approximate surface area is 531 Å². The number of fused-ring (bicyclic) bond motifs is 1. The van der Waals surface area contributed by atoms with Crippen molar-refractivity contribution in [2.75, 3.05) is 53.7 Å². The molecule has 0 saturated carbocycles. The maximum Gasteiger partial charge on any atom is 0.407 e. The highest BCUT2D eigenvalue weighted by atomic mass is 31.2. The number of carbonyl (C=O) groups excluding carboxylic acids is 2. The minimum absolute atomic E-state index is 0.00488. The normalized spacial score (nSPS) is 17.8. The standard InChI is InChI=1S/C73H109N4O10P/c1-52(2)25-21-26-55(7)27-22-28-56(8)29-23-42-72(12)43-41-67-59(11)69(57(9)58(10)70(67)86-72)82-47-48-83-71(79)75-45-20-16-19-32-68(78)76-50-66(87-88(85-46-24-44-74)77(53(3)4)54(5)6)49-63(76)51-84-73(60-30-17-15-18-31-60,61-33-37-64(80-13)38-34-61)62-35-39-65(81-14)40-36-62/h15,17-18,30-31,33-40,52-56,63,66H,16,19-29,32,41-43,45-51H2,1-14H3,(H,75,79)/t55-,56-,63+,66-,72-,88?/m1/s1. The number of methoxy groups -OCH3 is 2. The van der Waals surface area contributed by atoms with Crippen molar-refractivity contribution in [2.24, 2.45) is 17.8 Å². The molecule has 0 spiro atoms. The van der Waals surface area contributed by atoms with Crippen LogP contribution >= 0.6 is 8.53 Å². The van der Waals surface area contributed by atoms with Crippen LogP contribution in [0.4, 0.5) is 4.79 Å². The van der Waals surface area contributed by atoms with Crippen LogP contribution in [0.25, 0.3) is 0 Å². The zero-order valence-corrected chi connectivity index (χ0v) is 57.1. The molecule has 486 valence electrons. The lowest BCUT2D eigenvalue weighted by atomic mass is 9.80. The van der Waals surface area contributed by atoms with Gasteiger partial charge in [-0.15, -0.1) is 0 Å². The summed E-state index contributed by atoms with van der Waals surface area (Å²) in [6, 6.07) is 28.1. The molecule has 2 aliphatic rings. The third-order valence-corrected chi connectivity index (χ3v) is 20.2. The summed E-state index contributed by atoms with van der Waals surface area (Å²) in [6.07, 6.45) is 15.7. The monoisotopic (exact) mass is 1230 g/mol. The Hall–Kier alpha value is -5.42. The van der Waals surface area contributed by atoms with Crippen LogP contribution in [0.3, 0.4) is 0 Å². The first-order chi connectivity index (χ1) is 42.2. The molecule has 1 fully saturated rings. The van der Waals surface area contributed by atoms with Crippen molar-refractivity contribution in [2.45, 2.75) is 228 Å². The van der Waals surface area contributed by atoms with Gasteiger partial charge in [0.25, 0.3) is 8.53 Å². The minimum Gasteiger partial charge on any atom is -0.497 e. The van der Waals surface area contributed by atoms with E-state index >= 15 is 0 Å². The summed E-state index contributed by atoms with van der Waals surface area (Å²) in [5, 5.41) is 12.3. The Bertz CT molecular complexity index is 2720. The lowest BCUT2D eigenvalue weighted by Crippen LogP contribution is -2.42. The van der Waals surface area contributed by atoms with E-state index in [0.29, 0.717) is 38.8 Å². The molecule has 6 atom stereocenters. The first kappa shape index (κ1) is 71.7. The molecule has 0 aromatic heterocycles. The van der Waals surface area contributed by atoms with Gasteiger partial charge in [-0.05, 0) is 176 Å². The van der Waals surface area contributed by atoms with Crippen molar-refractivity contribution in [3.05, 3.63) is 118 Å². The molecule has 4 aromatic carbocycles. The summed E-state index contributed by atoms with van der Waals surface area (Å²) in [5.74, 6) is 5.68. The molecule has 15 heteroatoms. The highest BCUT2D eigenvalue weighted by molar-refractivity contribution is 7.44. The number of likely N-dealkylation sites (tertiary alicyclic amines) is 1. The number of carbonyl (C=O) groups is 2. The number of nitrogens with one attached hydrogen (secondary N) is 1. The Morgan fingerprint density at radius 2 is 1.35 bits per heavy atom. The van der Waals surface area contributed by atoms with Crippen molar-refractivity contribution >= 4 is 20.5 Å². The maximum atomic E-state index is 14.6. The molecule has 2 heterocycles. The number of alkyl carbamates (subject to hydrolysis) is 1. The van der Waals surface area contributed by atoms with E-state index in [1.807, 2.05) is 71.6 Å². The van der Waals surface area contributed by atoms with E-state index in [9.17, 15) is 14.9 Å². The number of amides is 2. The van der Waals surface area contributed by atoms with Gasteiger partial charge in [0.1, 0.15) is 47.4 Å². The number of nitrogens with zero attached hydrogens (tertiary/aromatic N) is 3. The van der Waals surface area contributed by atoms with Gasteiger partial charge < -0.3 is 47.7 Å². The number of unbranched alkanes of at least 4 members (excludes halogenated alkanes) is 2. The Morgan fingerprint density at radius 1 is 0.750 bits per heavy atom. The van der Waals surface area contributed by atoms with E-state index < -0.39 is 20.2 Å². The van der Waals surface area contributed by atoms with Crippen LogP contribution < -0.4 is 24.3 Å². The topological polar surface area (TPSA) is 150 Å². The smallest absolute Gasteiger partial charge is 0.407 e. The molecule has 2 amide bonds. The predicted molar refractivity (Wildman–Crippen MR) is 355 cm³/mol. The van der Waals surface area contributed by atoms with Crippen molar-refractivity contribution in [3.8, 4) is 29.1 Å². The largest absolute Gasteiger partial charge is 0.497 e. The van der Waals surface area contributed by atoms with Crippen LogP contribution in [0.15, 0.2) is 78.9 Å². The molecule has 88 heavy (non-hydrogen) atoms. The highest BCUT2D eigenvalue weighted by Gasteiger charge is 2.44. The number of nitriles is 1. The van der Waals surface area contributed by atoms with E-state index in [-0.39, 0.29) is 68.6 Å². The minimum atomic E-state index is -1.56. The van der Waals surface area contributed by atoms with Crippen molar-refractivity contribution in [1.29, 1.82) is 5.26 Å². The molecule has 6 rings (SSSR count). The average Bonchev–Trinajstić information content (AvgIpc) is 0.935. The molecule has 2 aliphatic heterocycles. The maximum absolute atomic E-state index is 14.6. The summed E-state index contributed by atoms with van der Waals surface area (Å²) < 4.78 is 52.9. The SMILES string of the molecule is COc1ccc(C(OC[C@@H]2C[C@@H](OP(OCCC#N)N(C(C)C)C(C)C)CN2C(=O)CCCCCNC(=O)OCCOc2c(C)c(C)c3c(c2C)CC[C@@](C)(CCC[C@H](C)CCC[C@H](C)CCCC(C)C)O3)(c2ccccc2)c2ccc(OC)cc2)cc1. The number of hydrogen-bond donors (Lipinski definition) is 1. The molecule has 0 bridgehead atoms. The van der Waals surface area contributed by atoms with Crippen molar-refractivity contribution in [1.82, 2.24) is 14.9 Å². The van der Waals surface area contributed by atoms with Crippen LogP contribution in [-0.4, -0.2) is 105 Å². The fourth-order valence-corrected chi connectivity index (χ4v) is 14.6. The molecule has 14 nitrogen and oxygen atoms in total. The van der Waals surface area contributed by atoms with E-state index in [2.05, 4.69) is 111 Å². The Balaban J connectivity index is 1.02. The second-order valence-corrected chi connectivity index (χ2v) is 27.6. The zero-order chi connectivity index (χ0) is 63.8. The van der Waals surface area contributed by atoms with Crippen LogP contribution in [0.2, 0.25) is 0 Å². The van der Waals surface area contributed by atoms with E-state index in [4.69, 9.17) is 37.5 Å². The number of ether oxygens (including phenoxy) is 6. The van der Waals surface area contributed by atoms with Gasteiger partial charge in [0.05, 0.1) is 52.1 Å². The molecule has 4 aromatic rings. The van der Waals surface area contributed by atoms with Crippen LogP contribution in [-0.2, 0) is 35.3 Å². The lowest BCUT2D eigenvalue weighted by molar-refractivity contribution is -0.134. The summed E-state index contributed by atoms with van der Waals surface area (Å²) >= 11 is 0. The number of hydrogen-bond acceptors (Lipinski definition) is 12. The van der Waals surface area contributed by atoms with Crippen molar-refractivity contribution < 1.29 is 47.1 Å². The van der Waals surface area contributed by atoms with Gasteiger partial charge >= 0.3 is 6.09 Å². The van der Waals surface area contributed by atoms with Gasteiger partial charge in [0.2, 0.25) is 5.91 Å². The van der Waals surface area contributed by atoms with Crippen LogP contribution in [0.5, 0.6) is 23.0 Å². The van der Waals surface area contributed by atoms with E-state index in [0.717, 1.165) is 99.8 Å². The third kappa shape index (κ3) is 20.6. The first-order valence-corrected chi connectivity index (χ1v) is 34.2. The lowest BCUT2D eigenvalue weighted by Gasteiger charge is -2.38. The summed E-state index contributed by atoms with van der Waals surface area (Å²) in [7, 11) is 1.74. The average molecular weight is 1230 g/mol. The van der Waals surface area contributed by atoms with Crippen LogP contribution in [0.1, 0.15) is 204 Å². The number of benzene rings is 4. The van der Waals surface area contributed by atoms with Crippen LogP contribution in [0, 0.1) is 49.9 Å². The van der Waals surface area contributed by atoms with Gasteiger partial charge in [-0.1, -0.05) is 134 Å². The molecule has 1 saturated heterocycles. The predicted octanol–water partition coefficient (Wildman–Crippen LogP) is 17.1. The molecule has 0 radical (unpaired) electrons. The fraction of sp³-hybridized carbons (Fsp3) is 0.630. The third-order valence-electron chi connectivity index (χ3n) is 18.0. The second-order valence-electron chi connectivity index (χ2n) is 26.2. The first-order valence-electron chi connectivity index (χ1n) is 33.1. The summed E-state index contributed by atoms with van der Waals surface area (Å²) in [6.45, 7) is 28.2. The van der Waals surface area contributed by atoms with E-state index in [1.165, 1.54) is 56.9 Å². The fourth-order valence-electron chi connectivity index (χ4n) is 12.8. The second kappa shape index (κ2) is 35.8. The highest BCUT2D eigenvalue weighted by Crippen LogP contribution is 2.50. The quantitative estimate of drug-likeness (QED) is 0.0258. The Morgan fingerprint density at radius 3 is 1.94 bits per heavy atom. The molecule has 1 unspecified atom stereocenters. The molecular formula is C73H109N4O10P. The van der Waals surface area contributed by atoms with Gasteiger partial charge in [0, 0.05) is 37.2 Å². The summed E-state index contributed by atoms with van der Waals surface area (Å²) in [5.41, 5.74) is 5.94. The summed E-state index contributed by atoms with van der Waals surface area (Å²) in [4.78, 5) is 29.4. The zero-order valence-electron chi connectivity index (χ0n) is 56.2. The molecule has 1 N–H and O–H groups in total. The number of rotatable bonds is 38. The van der Waals surface area contributed by atoms with Gasteiger partial charge in [-0.3, -0.25) is 4.79 Å². The molecular weight excluding hydrogens is 1120 g/mol. The van der Waals surface area contributed by atoms with Crippen molar-refractivity contribution in [3.63, 3.8) is 0 Å². The van der Waals surface area contributed by atoms with Gasteiger partial charge in [-0.25, -0.2) is 9.46 Å². The Kier molecular flexibility index (Phi) is 29.2. The van der Waals surface area contributed by atoms with E-state index in [1.54, 1.807) is 14.2 Å². The van der Waals surface area contributed by atoms with Gasteiger partial charge in [-0.2, -0.15) is 5.26 Å². The molecule has 0 aliphatic carbocycles.